The van der Waals surface area contributed by atoms with E-state index in [-0.39, 0.29) is 5.91 Å². The van der Waals surface area contributed by atoms with Crippen LogP contribution in [0.2, 0.25) is 5.15 Å². The fraction of sp³-hybridized carbons (Fsp3) is 0.414. The quantitative estimate of drug-likeness (QED) is 0.221. The van der Waals surface area contributed by atoms with Crippen molar-refractivity contribution in [2.24, 2.45) is 5.92 Å². The van der Waals surface area contributed by atoms with Crippen LogP contribution >= 0.6 is 23.4 Å². The zero-order chi connectivity index (χ0) is 26.3. The number of rotatable bonds is 8. The number of carbonyl (C=O) groups is 1. The second kappa shape index (κ2) is 12.7. The predicted molar refractivity (Wildman–Crippen MR) is 155 cm³/mol. The Kier molecular flexibility index (Phi) is 8.91. The first-order valence-electron chi connectivity index (χ1n) is 13.2. The van der Waals surface area contributed by atoms with Crippen molar-refractivity contribution in [3.05, 3.63) is 71.4 Å². The molecule has 2 aromatic carbocycles. The van der Waals surface area contributed by atoms with Crippen LogP contribution in [0.3, 0.4) is 0 Å². The molecule has 200 valence electrons. The summed E-state index contributed by atoms with van der Waals surface area (Å²) in [6, 6.07) is 20.6. The molecule has 7 nitrogen and oxygen atoms in total. The van der Waals surface area contributed by atoms with Crippen LogP contribution in [-0.2, 0) is 11.2 Å². The first kappa shape index (κ1) is 26.6. The number of piperidine rings is 1. The van der Waals surface area contributed by atoms with E-state index in [2.05, 4.69) is 57.2 Å². The maximum atomic E-state index is 12.9. The molecule has 0 N–H and O–H groups in total. The van der Waals surface area contributed by atoms with Crippen molar-refractivity contribution < 1.29 is 9.53 Å². The summed E-state index contributed by atoms with van der Waals surface area (Å²) < 4.78 is 5.27. The van der Waals surface area contributed by atoms with Crippen LogP contribution in [0, 0.1) is 5.92 Å². The number of nitrogens with zero attached hydrogens (tertiary/aromatic N) is 5. The summed E-state index contributed by atoms with van der Waals surface area (Å²) in [6.07, 6.45) is 3.18. The lowest BCUT2D eigenvalue weighted by Crippen LogP contribution is -2.46. The van der Waals surface area contributed by atoms with E-state index in [1.807, 2.05) is 23.1 Å². The smallest absolute Gasteiger partial charge is 0.233 e. The van der Waals surface area contributed by atoms with E-state index < -0.39 is 0 Å². The molecule has 2 saturated heterocycles. The third kappa shape index (κ3) is 6.91. The molecule has 0 spiro atoms. The van der Waals surface area contributed by atoms with Gasteiger partial charge in [0.2, 0.25) is 5.91 Å². The van der Waals surface area contributed by atoms with Crippen LogP contribution in [0.15, 0.2) is 65.8 Å². The summed E-state index contributed by atoms with van der Waals surface area (Å²) in [5, 5.41) is 0.960. The maximum absolute atomic E-state index is 12.9. The van der Waals surface area contributed by atoms with Crippen molar-refractivity contribution in [3.63, 3.8) is 0 Å². The van der Waals surface area contributed by atoms with Crippen molar-refractivity contribution in [1.29, 1.82) is 0 Å². The zero-order valence-electron chi connectivity index (χ0n) is 21.8. The molecule has 0 aliphatic carbocycles. The lowest BCUT2D eigenvalue weighted by molar-refractivity contribution is -0.129. The van der Waals surface area contributed by atoms with Crippen LogP contribution in [0.4, 0.5) is 11.5 Å². The van der Waals surface area contributed by atoms with Gasteiger partial charge in [-0.25, -0.2) is 9.97 Å². The second-order valence-corrected chi connectivity index (χ2v) is 11.1. The number of aromatic nitrogens is 2. The summed E-state index contributed by atoms with van der Waals surface area (Å²) in [6.45, 7) is 5.07. The molecular formula is C29H34ClN5O2S. The maximum Gasteiger partial charge on any atom is 0.233 e. The van der Waals surface area contributed by atoms with Crippen LogP contribution in [0.1, 0.15) is 18.4 Å². The van der Waals surface area contributed by atoms with E-state index >= 15 is 0 Å². The number of amides is 1. The van der Waals surface area contributed by atoms with Gasteiger partial charge in [0.15, 0.2) is 5.16 Å². The number of carbonyl (C=O) groups excluding carboxylic acids is 1. The lowest BCUT2D eigenvalue weighted by Gasteiger charge is -2.36. The monoisotopic (exact) mass is 551 g/mol. The van der Waals surface area contributed by atoms with Crippen molar-refractivity contribution in [3.8, 4) is 5.75 Å². The van der Waals surface area contributed by atoms with E-state index in [9.17, 15) is 4.79 Å². The average molecular weight is 552 g/mol. The van der Waals surface area contributed by atoms with E-state index in [1.165, 1.54) is 23.0 Å². The molecule has 3 heterocycles. The molecule has 3 aromatic rings. The third-order valence-corrected chi connectivity index (χ3v) is 8.39. The van der Waals surface area contributed by atoms with Gasteiger partial charge in [-0.15, -0.1) is 0 Å². The Bertz CT molecular complexity index is 1200. The van der Waals surface area contributed by atoms with Gasteiger partial charge in [0.05, 0.1) is 12.9 Å². The number of ether oxygens (including phenoxy) is 1. The van der Waals surface area contributed by atoms with Crippen molar-refractivity contribution in [2.75, 3.05) is 61.9 Å². The number of thioether (sulfide) groups is 1. The highest BCUT2D eigenvalue weighted by atomic mass is 35.5. The highest BCUT2D eigenvalue weighted by Gasteiger charge is 2.24. The Morgan fingerprint density at radius 2 is 1.63 bits per heavy atom. The fourth-order valence-electron chi connectivity index (χ4n) is 5.15. The van der Waals surface area contributed by atoms with Gasteiger partial charge in [0, 0.05) is 51.0 Å². The average Bonchev–Trinajstić information content (AvgIpc) is 2.97. The van der Waals surface area contributed by atoms with Crippen LogP contribution in [0.25, 0.3) is 0 Å². The van der Waals surface area contributed by atoms with Gasteiger partial charge in [-0.2, -0.15) is 0 Å². The minimum absolute atomic E-state index is 0.145. The van der Waals surface area contributed by atoms with Gasteiger partial charge in [-0.3, -0.25) is 4.79 Å². The first-order chi connectivity index (χ1) is 18.6. The molecule has 38 heavy (non-hydrogen) atoms. The van der Waals surface area contributed by atoms with Crippen molar-refractivity contribution in [2.45, 2.75) is 24.4 Å². The van der Waals surface area contributed by atoms with Gasteiger partial charge >= 0.3 is 0 Å². The molecule has 5 rings (SSSR count). The van der Waals surface area contributed by atoms with Crippen LogP contribution in [-0.4, -0.2) is 72.9 Å². The van der Waals surface area contributed by atoms with Gasteiger partial charge in [-0.05, 0) is 55.0 Å². The Hall–Kier alpha value is -2.97. The molecule has 9 heteroatoms. The van der Waals surface area contributed by atoms with E-state index in [1.54, 1.807) is 7.11 Å². The number of anilines is 2. The van der Waals surface area contributed by atoms with Gasteiger partial charge in [0.25, 0.3) is 0 Å². The summed E-state index contributed by atoms with van der Waals surface area (Å²) >= 11 is 7.73. The predicted octanol–water partition coefficient (Wildman–Crippen LogP) is 5.04. The molecule has 0 radical (unpaired) electrons. The van der Waals surface area contributed by atoms with Crippen molar-refractivity contribution >= 4 is 40.8 Å². The van der Waals surface area contributed by atoms with Gasteiger partial charge < -0.3 is 19.4 Å². The molecule has 0 bridgehead atoms. The SMILES string of the molecule is COc1ccc(N2CCN(c3cc(Cl)nc(SCC(=O)N4CCC(Cc5ccccc5)CC4)n3)CC2)cc1. The minimum atomic E-state index is 0.145. The number of methoxy groups -OCH3 is 1. The lowest BCUT2D eigenvalue weighted by atomic mass is 9.90. The highest BCUT2D eigenvalue weighted by molar-refractivity contribution is 7.99. The normalized spacial score (nSPS) is 16.5. The molecule has 1 amide bonds. The summed E-state index contributed by atoms with van der Waals surface area (Å²) in [5.41, 5.74) is 2.56. The number of benzene rings is 2. The number of hydrogen-bond donors (Lipinski definition) is 0. The summed E-state index contributed by atoms with van der Waals surface area (Å²) in [5.74, 6) is 2.79. The number of likely N-dealkylation sites (tertiary alicyclic amines) is 1. The molecule has 2 aliphatic rings. The molecule has 0 saturated carbocycles. The van der Waals surface area contributed by atoms with Crippen molar-refractivity contribution in [1.82, 2.24) is 14.9 Å². The Balaban J connectivity index is 1.10. The number of hydrogen-bond acceptors (Lipinski definition) is 7. The third-order valence-electron chi connectivity index (χ3n) is 7.36. The zero-order valence-corrected chi connectivity index (χ0v) is 23.3. The first-order valence-corrected chi connectivity index (χ1v) is 14.6. The number of piperazine rings is 1. The number of halogens is 1. The summed E-state index contributed by atoms with van der Waals surface area (Å²) in [7, 11) is 1.68. The minimum Gasteiger partial charge on any atom is -0.497 e. The molecule has 0 unspecified atom stereocenters. The van der Waals surface area contributed by atoms with E-state index in [4.69, 9.17) is 21.3 Å². The van der Waals surface area contributed by atoms with E-state index in [0.717, 1.165) is 70.1 Å². The molecular weight excluding hydrogens is 518 g/mol. The largest absolute Gasteiger partial charge is 0.497 e. The highest BCUT2D eigenvalue weighted by Crippen LogP contribution is 2.27. The van der Waals surface area contributed by atoms with Gasteiger partial charge in [0.1, 0.15) is 16.7 Å². The second-order valence-electron chi connectivity index (χ2n) is 9.81. The van der Waals surface area contributed by atoms with Crippen LogP contribution < -0.4 is 14.5 Å². The molecule has 2 fully saturated rings. The van der Waals surface area contributed by atoms with Crippen LogP contribution in [0.5, 0.6) is 5.75 Å². The summed E-state index contributed by atoms with van der Waals surface area (Å²) in [4.78, 5) is 28.6. The standard InChI is InChI=1S/C29H34ClN5O2S/c1-37-25-9-7-24(8-10-25)33-15-17-34(18-16-33)27-20-26(30)31-29(32-27)38-21-28(36)35-13-11-23(12-14-35)19-22-5-3-2-4-6-22/h2-10,20,23H,11-19,21H2,1H3. The Morgan fingerprint density at radius 3 is 2.32 bits per heavy atom. The molecule has 0 atom stereocenters. The Morgan fingerprint density at radius 1 is 0.947 bits per heavy atom. The fourth-order valence-corrected chi connectivity index (χ4v) is 6.13. The molecule has 2 aliphatic heterocycles. The topological polar surface area (TPSA) is 61.8 Å². The molecule has 1 aromatic heterocycles. The Labute approximate surface area is 234 Å². The van der Waals surface area contributed by atoms with Gasteiger partial charge in [-0.1, -0.05) is 53.7 Å². The van der Waals surface area contributed by atoms with E-state index in [0.29, 0.717) is 22.0 Å².